The van der Waals surface area contributed by atoms with Gasteiger partial charge < -0.3 is 8.78 Å². The fraction of sp³-hybridized carbons (Fsp3) is 0.500. The Morgan fingerprint density at radius 2 is 1.40 bits per heavy atom. The fourth-order valence-electron chi connectivity index (χ4n) is 0. The molecule has 0 aromatic carbocycles. The second-order valence-corrected chi connectivity index (χ2v) is 0.449. The van der Waals surface area contributed by atoms with Crippen molar-refractivity contribution in [3.63, 3.8) is 0 Å². The van der Waals surface area contributed by atoms with Crippen molar-refractivity contribution >= 4 is 0 Å². The van der Waals surface area contributed by atoms with Crippen LogP contribution in [0.4, 0.5) is 8.78 Å². The predicted molar refractivity (Wildman–Crippen MR) is 11.1 cm³/mol. The van der Waals surface area contributed by atoms with Crippen LogP contribution in [0.3, 0.4) is 0 Å². The molecule has 0 aliphatic heterocycles. The minimum atomic E-state index is -1.58. The normalized spacial score (nSPS) is 7.20. The number of hydrogen-bond acceptors (Lipinski definition) is 0. The van der Waals surface area contributed by atoms with E-state index in [1.54, 1.807) is 0 Å². The van der Waals surface area contributed by atoms with Gasteiger partial charge in [-0.1, -0.05) is 0 Å². The maximum atomic E-state index is 10.2. The molecule has 0 saturated heterocycles. The third-order valence-electron chi connectivity index (χ3n) is 0. The van der Waals surface area contributed by atoms with Gasteiger partial charge in [0.15, 0.2) is 0 Å². The Morgan fingerprint density at radius 1 is 1.40 bits per heavy atom. The maximum Gasteiger partial charge on any atom is 1.00 e. The zero-order chi connectivity index (χ0) is 3.58. The zero-order valence-electron chi connectivity index (χ0n) is 2.56. The summed E-state index contributed by atoms with van der Waals surface area (Å²) in [5, 5.41) is 0. The van der Waals surface area contributed by atoms with Crippen molar-refractivity contribution in [2.75, 3.05) is 0 Å². The summed E-state index contributed by atoms with van der Waals surface area (Å²) in [5.41, 5.74) is 0. The molecule has 0 aromatic heterocycles. The van der Waals surface area contributed by atoms with Crippen molar-refractivity contribution in [2.24, 2.45) is 0 Å². The molecule has 0 bridgehead atoms. The SMILES string of the molecule is C[C-](F)F.[Cu+]. The molecule has 0 unspecified atom stereocenters. The largest absolute Gasteiger partial charge is 1.00 e. The quantitative estimate of drug-likeness (QED) is 0.342. The zero-order valence-corrected chi connectivity index (χ0v) is 3.50. The summed E-state index contributed by atoms with van der Waals surface area (Å²) in [6.45, 7) is 0.750. The molecule has 0 saturated carbocycles. The van der Waals surface area contributed by atoms with E-state index in [9.17, 15) is 8.78 Å². The molecule has 0 fully saturated rings. The minimum absolute atomic E-state index is 0. The van der Waals surface area contributed by atoms with Crippen molar-refractivity contribution in [3.05, 3.63) is 6.43 Å². The Balaban J connectivity index is 0. The van der Waals surface area contributed by atoms with Crippen molar-refractivity contribution < 1.29 is 25.8 Å². The summed E-state index contributed by atoms with van der Waals surface area (Å²) in [4.78, 5) is 0. The molecular weight excluding hydrogens is 126 g/mol. The van der Waals surface area contributed by atoms with E-state index in [0.29, 0.717) is 0 Å². The van der Waals surface area contributed by atoms with Gasteiger partial charge in [-0.05, 0) is 6.43 Å². The molecule has 0 aliphatic carbocycles. The fourth-order valence-corrected chi connectivity index (χ4v) is 0. The van der Waals surface area contributed by atoms with E-state index in [2.05, 4.69) is 0 Å². The van der Waals surface area contributed by atoms with Crippen LogP contribution in [0.15, 0.2) is 0 Å². The molecule has 3 heteroatoms. The summed E-state index contributed by atoms with van der Waals surface area (Å²) in [6.07, 6.45) is -1.58. The molecule has 0 amide bonds. The summed E-state index contributed by atoms with van der Waals surface area (Å²) < 4.78 is 20.5. The summed E-state index contributed by atoms with van der Waals surface area (Å²) in [6, 6.07) is 0. The Labute approximate surface area is 40.0 Å². The van der Waals surface area contributed by atoms with Crippen molar-refractivity contribution in [1.29, 1.82) is 0 Å². The second kappa shape index (κ2) is 4.38. The molecule has 36 valence electrons. The van der Waals surface area contributed by atoms with E-state index in [4.69, 9.17) is 0 Å². The van der Waals surface area contributed by atoms with Crippen LogP contribution in [0.5, 0.6) is 0 Å². The second-order valence-electron chi connectivity index (χ2n) is 0.449. The van der Waals surface area contributed by atoms with Crippen molar-refractivity contribution in [3.8, 4) is 0 Å². The van der Waals surface area contributed by atoms with E-state index in [-0.39, 0.29) is 17.1 Å². The van der Waals surface area contributed by atoms with E-state index in [0.717, 1.165) is 6.92 Å². The molecule has 5 heavy (non-hydrogen) atoms. The van der Waals surface area contributed by atoms with Crippen LogP contribution >= 0.6 is 0 Å². The minimum Gasteiger partial charge on any atom is -0.422 e. The third-order valence-corrected chi connectivity index (χ3v) is 0. The van der Waals surface area contributed by atoms with E-state index in [1.807, 2.05) is 0 Å². The van der Waals surface area contributed by atoms with Crippen LogP contribution < -0.4 is 0 Å². The van der Waals surface area contributed by atoms with Crippen LogP contribution in [0.2, 0.25) is 0 Å². The molecule has 0 spiro atoms. The van der Waals surface area contributed by atoms with Gasteiger partial charge in [0.05, 0.1) is 0 Å². The number of halogens is 2. The van der Waals surface area contributed by atoms with Crippen LogP contribution in [0.25, 0.3) is 0 Å². The van der Waals surface area contributed by atoms with Crippen LogP contribution in [0, 0.1) is 6.43 Å². The summed E-state index contributed by atoms with van der Waals surface area (Å²) in [5.74, 6) is 0. The Kier molecular flexibility index (Phi) is 7.91. The molecule has 0 nitrogen and oxygen atoms in total. The van der Waals surface area contributed by atoms with Gasteiger partial charge in [-0.15, -0.1) is 6.92 Å². The average molecular weight is 129 g/mol. The van der Waals surface area contributed by atoms with Crippen LogP contribution in [-0.4, -0.2) is 0 Å². The van der Waals surface area contributed by atoms with Gasteiger partial charge in [0.1, 0.15) is 0 Å². The monoisotopic (exact) mass is 128 g/mol. The van der Waals surface area contributed by atoms with Gasteiger partial charge in [0.25, 0.3) is 0 Å². The van der Waals surface area contributed by atoms with E-state index < -0.39 is 6.43 Å². The van der Waals surface area contributed by atoms with Crippen molar-refractivity contribution in [1.82, 2.24) is 0 Å². The topological polar surface area (TPSA) is 0 Å². The summed E-state index contributed by atoms with van der Waals surface area (Å²) in [7, 11) is 0. The molecule has 0 N–H and O–H groups in total. The Hall–Kier alpha value is 0.379. The predicted octanol–water partition coefficient (Wildman–Crippen LogP) is 1.43. The molecule has 0 aromatic rings. The Bertz CT molecular complexity index is 12.4. The smallest absolute Gasteiger partial charge is 0.422 e. The van der Waals surface area contributed by atoms with Gasteiger partial charge in [0.2, 0.25) is 0 Å². The molecule has 0 radical (unpaired) electrons. The molecule has 0 atom stereocenters. The first-order valence-electron chi connectivity index (χ1n) is 0.878. The first kappa shape index (κ1) is 9.03. The van der Waals surface area contributed by atoms with Crippen molar-refractivity contribution in [2.45, 2.75) is 6.92 Å². The molecule has 0 heterocycles. The van der Waals surface area contributed by atoms with E-state index in [1.165, 1.54) is 0 Å². The Morgan fingerprint density at radius 3 is 1.40 bits per heavy atom. The van der Waals surface area contributed by atoms with Gasteiger partial charge >= 0.3 is 17.1 Å². The van der Waals surface area contributed by atoms with Gasteiger partial charge in [-0.3, -0.25) is 0 Å². The summed E-state index contributed by atoms with van der Waals surface area (Å²) >= 11 is 0. The standard InChI is InChI=1S/C2H3F2.Cu/c1-2(3)4;/h1H3;/q-1;+1. The van der Waals surface area contributed by atoms with Gasteiger partial charge in [-0.25, -0.2) is 0 Å². The first-order valence-corrected chi connectivity index (χ1v) is 0.878. The molecule has 0 rings (SSSR count). The van der Waals surface area contributed by atoms with Crippen LogP contribution in [0.1, 0.15) is 6.92 Å². The van der Waals surface area contributed by atoms with Gasteiger partial charge in [0, 0.05) is 0 Å². The third kappa shape index (κ3) is 172. The maximum absolute atomic E-state index is 10.2. The number of hydrogen-bond donors (Lipinski definition) is 0. The average Bonchev–Trinajstić information content (AvgIpc) is 0.811. The van der Waals surface area contributed by atoms with Gasteiger partial charge in [-0.2, -0.15) is 0 Å². The molecular formula is C2H3CuF2. The first-order chi connectivity index (χ1) is 1.73. The molecule has 0 aliphatic rings. The van der Waals surface area contributed by atoms with Crippen LogP contribution in [-0.2, 0) is 17.1 Å². The van der Waals surface area contributed by atoms with E-state index >= 15 is 0 Å². The number of rotatable bonds is 0.